The molecule has 0 spiro atoms. The van der Waals surface area contributed by atoms with Crippen molar-refractivity contribution < 1.29 is 4.74 Å². The molecule has 0 aliphatic rings. The van der Waals surface area contributed by atoms with Crippen LogP contribution in [0.15, 0.2) is 36.5 Å². The van der Waals surface area contributed by atoms with Crippen molar-refractivity contribution in [1.29, 1.82) is 0 Å². The maximum Gasteiger partial charge on any atom is 0.118 e. The van der Waals surface area contributed by atoms with Gasteiger partial charge in [0.2, 0.25) is 0 Å². The maximum absolute atomic E-state index is 5.15. The van der Waals surface area contributed by atoms with Crippen LogP contribution in [0, 0.1) is 0 Å². The van der Waals surface area contributed by atoms with Gasteiger partial charge in [0.1, 0.15) is 5.75 Å². The lowest BCUT2D eigenvalue weighted by Gasteiger charge is -2.08. The van der Waals surface area contributed by atoms with Crippen LogP contribution in [0.4, 0.5) is 0 Å². The average molecular weight is 273 g/mol. The molecule has 0 aliphatic carbocycles. The van der Waals surface area contributed by atoms with Crippen molar-refractivity contribution in [2.75, 3.05) is 13.7 Å². The number of rotatable bonds is 8. The number of hydrogen-bond acceptors (Lipinski definition) is 3. The summed E-state index contributed by atoms with van der Waals surface area (Å²) in [5.41, 5.74) is 2.57. The molecule has 0 aliphatic heterocycles. The first-order chi connectivity index (χ1) is 9.83. The van der Waals surface area contributed by atoms with E-state index in [-0.39, 0.29) is 0 Å². The molecule has 4 nitrogen and oxygen atoms in total. The van der Waals surface area contributed by atoms with E-state index in [9.17, 15) is 0 Å². The van der Waals surface area contributed by atoms with Crippen LogP contribution in [-0.2, 0) is 19.5 Å². The molecular formula is C16H23N3O. The zero-order valence-electron chi connectivity index (χ0n) is 12.3. The fourth-order valence-electron chi connectivity index (χ4n) is 2.16. The first-order valence-corrected chi connectivity index (χ1v) is 7.18. The van der Waals surface area contributed by atoms with Crippen LogP contribution in [0.1, 0.15) is 24.6 Å². The number of benzene rings is 1. The van der Waals surface area contributed by atoms with Gasteiger partial charge < -0.3 is 10.1 Å². The Morgan fingerprint density at radius 2 is 2.00 bits per heavy atom. The molecule has 1 heterocycles. The Hall–Kier alpha value is -1.81. The summed E-state index contributed by atoms with van der Waals surface area (Å²) in [5, 5.41) is 7.80. The molecule has 0 radical (unpaired) electrons. The highest BCUT2D eigenvalue weighted by Gasteiger charge is 2.01. The van der Waals surface area contributed by atoms with Crippen LogP contribution in [0.3, 0.4) is 0 Å². The highest BCUT2D eigenvalue weighted by molar-refractivity contribution is 5.27. The normalized spacial score (nSPS) is 10.7. The molecule has 0 amide bonds. The van der Waals surface area contributed by atoms with Crippen molar-refractivity contribution in [3.05, 3.63) is 47.8 Å². The van der Waals surface area contributed by atoms with Gasteiger partial charge in [-0.1, -0.05) is 19.1 Å². The van der Waals surface area contributed by atoms with Gasteiger partial charge in [-0.3, -0.25) is 4.68 Å². The first kappa shape index (κ1) is 14.6. The quantitative estimate of drug-likeness (QED) is 0.752. The molecule has 2 rings (SSSR count). The van der Waals surface area contributed by atoms with Gasteiger partial charge in [0.05, 0.1) is 12.8 Å². The van der Waals surface area contributed by atoms with Crippen LogP contribution in [0.25, 0.3) is 0 Å². The number of methoxy groups -OCH3 is 1. The van der Waals surface area contributed by atoms with Crippen LogP contribution < -0.4 is 10.1 Å². The van der Waals surface area contributed by atoms with Gasteiger partial charge in [0, 0.05) is 19.3 Å². The van der Waals surface area contributed by atoms with Crippen molar-refractivity contribution in [1.82, 2.24) is 15.1 Å². The minimum Gasteiger partial charge on any atom is -0.497 e. The minimum atomic E-state index is 0.871. The van der Waals surface area contributed by atoms with Crippen molar-refractivity contribution in [3.8, 4) is 5.75 Å². The van der Waals surface area contributed by atoms with Crippen molar-refractivity contribution in [2.24, 2.45) is 0 Å². The van der Waals surface area contributed by atoms with E-state index >= 15 is 0 Å². The third kappa shape index (κ3) is 4.10. The van der Waals surface area contributed by atoms with Crippen molar-refractivity contribution in [2.45, 2.75) is 32.9 Å². The summed E-state index contributed by atoms with van der Waals surface area (Å²) in [6, 6.07) is 10.3. The molecule has 0 fully saturated rings. The molecule has 1 aromatic heterocycles. The molecule has 0 saturated heterocycles. The SMILES string of the molecule is CCCn1nccc1CNCCc1ccc(OC)cc1. The number of nitrogens with one attached hydrogen (secondary N) is 1. The van der Waals surface area contributed by atoms with E-state index < -0.39 is 0 Å². The van der Waals surface area contributed by atoms with E-state index in [1.165, 1.54) is 11.3 Å². The summed E-state index contributed by atoms with van der Waals surface area (Å²) in [5.74, 6) is 0.908. The molecule has 0 atom stereocenters. The topological polar surface area (TPSA) is 39.1 Å². The molecule has 4 heteroatoms. The van der Waals surface area contributed by atoms with Gasteiger partial charge >= 0.3 is 0 Å². The van der Waals surface area contributed by atoms with Gasteiger partial charge in [-0.05, 0) is 43.1 Å². The molecule has 2 aromatic rings. The van der Waals surface area contributed by atoms with Crippen molar-refractivity contribution in [3.63, 3.8) is 0 Å². The third-order valence-electron chi connectivity index (χ3n) is 3.30. The van der Waals surface area contributed by atoms with E-state index in [1.54, 1.807) is 7.11 Å². The summed E-state index contributed by atoms with van der Waals surface area (Å²) < 4.78 is 7.22. The second-order valence-electron chi connectivity index (χ2n) is 4.82. The zero-order chi connectivity index (χ0) is 14.2. The number of ether oxygens (including phenoxy) is 1. The summed E-state index contributed by atoms with van der Waals surface area (Å²) in [6.07, 6.45) is 4.00. The van der Waals surface area contributed by atoms with E-state index in [2.05, 4.69) is 40.2 Å². The van der Waals surface area contributed by atoms with Crippen LogP contribution in [-0.4, -0.2) is 23.4 Å². The molecule has 0 bridgehead atoms. The molecule has 1 aromatic carbocycles. The Morgan fingerprint density at radius 1 is 1.20 bits per heavy atom. The first-order valence-electron chi connectivity index (χ1n) is 7.18. The maximum atomic E-state index is 5.15. The fraction of sp³-hybridized carbons (Fsp3) is 0.438. The Balaban J connectivity index is 1.74. The fourth-order valence-corrected chi connectivity index (χ4v) is 2.16. The van der Waals surface area contributed by atoms with Gasteiger partial charge in [-0.25, -0.2) is 0 Å². The monoisotopic (exact) mass is 273 g/mol. The lowest BCUT2D eigenvalue weighted by atomic mass is 10.1. The van der Waals surface area contributed by atoms with Crippen LogP contribution in [0.2, 0.25) is 0 Å². The number of aromatic nitrogens is 2. The Bertz CT molecular complexity index is 505. The van der Waals surface area contributed by atoms with Gasteiger partial charge in [-0.2, -0.15) is 5.10 Å². The Kier molecular flexibility index (Phi) is 5.62. The van der Waals surface area contributed by atoms with E-state index in [0.29, 0.717) is 0 Å². The standard InChI is InChI=1S/C16H23N3O/c1-3-12-19-15(9-11-18-19)13-17-10-8-14-4-6-16(20-2)7-5-14/h4-7,9,11,17H,3,8,10,12-13H2,1-2H3. The predicted octanol–water partition coefficient (Wildman–Crippen LogP) is 2.63. The number of hydrogen-bond donors (Lipinski definition) is 1. The highest BCUT2D eigenvalue weighted by Crippen LogP contribution is 2.11. The summed E-state index contributed by atoms with van der Waals surface area (Å²) in [7, 11) is 1.69. The van der Waals surface area contributed by atoms with E-state index in [4.69, 9.17) is 4.74 Å². The lowest BCUT2D eigenvalue weighted by molar-refractivity contribution is 0.414. The molecule has 20 heavy (non-hydrogen) atoms. The summed E-state index contributed by atoms with van der Waals surface area (Å²) in [6.45, 7) is 4.99. The van der Waals surface area contributed by atoms with Crippen LogP contribution >= 0.6 is 0 Å². The summed E-state index contributed by atoms with van der Waals surface area (Å²) in [4.78, 5) is 0. The zero-order valence-corrected chi connectivity index (χ0v) is 12.3. The molecule has 108 valence electrons. The number of aryl methyl sites for hydroxylation is 1. The Morgan fingerprint density at radius 3 is 2.70 bits per heavy atom. The van der Waals surface area contributed by atoms with Gasteiger partial charge in [0.25, 0.3) is 0 Å². The Labute approximate surface area is 120 Å². The molecule has 0 saturated carbocycles. The van der Waals surface area contributed by atoms with Crippen LogP contribution in [0.5, 0.6) is 5.75 Å². The van der Waals surface area contributed by atoms with Gasteiger partial charge in [-0.15, -0.1) is 0 Å². The van der Waals surface area contributed by atoms with Gasteiger partial charge in [0.15, 0.2) is 0 Å². The largest absolute Gasteiger partial charge is 0.497 e. The third-order valence-corrected chi connectivity index (χ3v) is 3.30. The van der Waals surface area contributed by atoms with E-state index in [0.717, 1.165) is 38.2 Å². The molecule has 0 unspecified atom stereocenters. The summed E-state index contributed by atoms with van der Waals surface area (Å²) >= 11 is 0. The van der Waals surface area contributed by atoms with E-state index in [1.807, 2.05) is 18.3 Å². The predicted molar refractivity (Wildman–Crippen MR) is 80.9 cm³/mol. The molecule has 1 N–H and O–H groups in total. The lowest BCUT2D eigenvalue weighted by Crippen LogP contribution is -2.19. The second-order valence-corrected chi connectivity index (χ2v) is 4.82. The van der Waals surface area contributed by atoms with Crippen molar-refractivity contribution >= 4 is 0 Å². The smallest absolute Gasteiger partial charge is 0.118 e. The number of nitrogens with zero attached hydrogens (tertiary/aromatic N) is 2. The second kappa shape index (κ2) is 7.70. The molecular weight excluding hydrogens is 250 g/mol. The minimum absolute atomic E-state index is 0.871. The average Bonchev–Trinajstić information content (AvgIpc) is 2.92. The highest BCUT2D eigenvalue weighted by atomic mass is 16.5.